The first-order valence-electron chi connectivity index (χ1n) is 11.7. The lowest BCUT2D eigenvalue weighted by Crippen LogP contribution is -2.34. The van der Waals surface area contributed by atoms with Gasteiger partial charge < -0.3 is 9.67 Å². The van der Waals surface area contributed by atoms with Crippen molar-refractivity contribution in [3.63, 3.8) is 0 Å². The summed E-state index contributed by atoms with van der Waals surface area (Å²) in [7, 11) is 0. The van der Waals surface area contributed by atoms with E-state index in [2.05, 4.69) is 24.8 Å². The summed E-state index contributed by atoms with van der Waals surface area (Å²) in [5, 5.41) is 9.11. The zero-order valence-corrected chi connectivity index (χ0v) is 18.7. The summed E-state index contributed by atoms with van der Waals surface area (Å²) < 4.78 is 1.99. The van der Waals surface area contributed by atoms with Crippen molar-refractivity contribution in [2.75, 3.05) is 6.54 Å². The van der Waals surface area contributed by atoms with Crippen molar-refractivity contribution in [1.82, 2.24) is 9.47 Å². The predicted octanol–water partition coefficient (Wildman–Crippen LogP) is 4.68. The first kappa shape index (κ1) is 21.8. The normalized spacial score (nSPS) is 19.3. The highest BCUT2D eigenvalue weighted by atomic mass is 16.4. The lowest BCUT2D eigenvalue weighted by molar-refractivity contribution is 0.0697. The molecule has 1 saturated carbocycles. The highest BCUT2D eigenvalue weighted by Crippen LogP contribution is 2.42. The van der Waals surface area contributed by atoms with E-state index in [4.69, 9.17) is 5.11 Å². The van der Waals surface area contributed by atoms with Gasteiger partial charge in [-0.3, -0.25) is 9.69 Å². The first-order valence-corrected chi connectivity index (χ1v) is 11.7. The van der Waals surface area contributed by atoms with Crippen LogP contribution in [0.25, 0.3) is 0 Å². The number of likely N-dealkylation sites (tertiary alicyclic amines) is 1. The average Bonchev–Trinajstić information content (AvgIpc) is 3.49. The second-order valence-electron chi connectivity index (χ2n) is 9.65. The van der Waals surface area contributed by atoms with Gasteiger partial charge in [-0.2, -0.15) is 0 Å². The zero-order chi connectivity index (χ0) is 22.0. The van der Waals surface area contributed by atoms with Gasteiger partial charge in [0, 0.05) is 30.9 Å². The number of aromatic carboxylic acids is 1. The quantitative estimate of drug-likeness (QED) is 0.637. The van der Waals surface area contributed by atoms with Crippen molar-refractivity contribution in [1.29, 1.82) is 0 Å². The van der Waals surface area contributed by atoms with Crippen molar-refractivity contribution in [3.8, 4) is 0 Å². The van der Waals surface area contributed by atoms with E-state index in [1.54, 1.807) is 18.2 Å². The molecule has 1 saturated heterocycles. The van der Waals surface area contributed by atoms with Crippen LogP contribution >= 0.6 is 0 Å². The Balaban J connectivity index is 1.57. The molecule has 1 aromatic carbocycles. The van der Waals surface area contributed by atoms with Gasteiger partial charge in [-0.15, -0.1) is 0 Å². The average molecular weight is 423 g/mol. The van der Waals surface area contributed by atoms with Crippen LogP contribution in [0.2, 0.25) is 0 Å². The maximum absolute atomic E-state index is 12.9. The van der Waals surface area contributed by atoms with Gasteiger partial charge in [0.15, 0.2) is 0 Å². The second kappa shape index (κ2) is 9.39. The lowest BCUT2D eigenvalue weighted by atomic mass is 10.0. The molecule has 1 aromatic heterocycles. The van der Waals surface area contributed by atoms with E-state index < -0.39 is 5.97 Å². The minimum absolute atomic E-state index is 0.0705. The molecule has 4 rings (SSSR count). The molecule has 1 atom stereocenters. The van der Waals surface area contributed by atoms with Crippen LogP contribution < -0.4 is 5.56 Å². The van der Waals surface area contributed by atoms with Gasteiger partial charge in [0.1, 0.15) is 0 Å². The molecule has 2 aromatic rings. The van der Waals surface area contributed by atoms with Crippen LogP contribution in [0, 0.1) is 5.92 Å². The van der Waals surface area contributed by atoms with E-state index in [9.17, 15) is 9.59 Å². The molecule has 0 bridgehead atoms. The topological polar surface area (TPSA) is 62.5 Å². The number of carbonyl (C=O) groups is 1. The number of benzene rings is 1. The van der Waals surface area contributed by atoms with Crippen LogP contribution in [0.3, 0.4) is 0 Å². The molecular formula is C26H34N2O3. The fourth-order valence-corrected chi connectivity index (χ4v) is 4.99. The summed E-state index contributed by atoms with van der Waals surface area (Å²) in [6.07, 6.45) is 6.86. The Hall–Kier alpha value is -2.40. The minimum Gasteiger partial charge on any atom is -0.478 e. The molecule has 2 aliphatic rings. The monoisotopic (exact) mass is 422 g/mol. The second-order valence-corrected chi connectivity index (χ2v) is 9.65. The van der Waals surface area contributed by atoms with Crippen LogP contribution in [0.4, 0.5) is 0 Å². The Morgan fingerprint density at radius 2 is 1.84 bits per heavy atom. The number of aromatic nitrogens is 1. The number of hydrogen-bond donors (Lipinski definition) is 1. The van der Waals surface area contributed by atoms with Crippen LogP contribution in [0.1, 0.15) is 79.0 Å². The van der Waals surface area contributed by atoms with Crippen molar-refractivity contribution in [2.24, 2.45) is 5.92 Å². The predicted molar refractivity (Wildman–Crippen MR) is 123 cm³/mol. The maximum atomic E-state index is 12.9. The van der Waals surface area contributed by atoms with Crippen LogP contribution in [-0.4, -0.2) is 33.1 Å². The highest BCUT2D eigenvalue weighted by molar-refractivity contribution is 5.87. The summed E-state index contributed by atoms with van der Waals surface area (Å²) in [4.78, 5) is 26.6. The van der Waals surface area contributed by atoms with Crippen LogP contribution in [0.15, 0.2) is 41.2 Å². The van der Waals surface area contributed by atoms with E-state index in [-0.39, 0.29) is 5.56 Å². The fraction of sp³-hybridized carbons (Fsp3) is 0.538. The third-order valence-corrected chi connectivity index (χ3v) is 6.77. The molecule has 5 heteroatoms. The highest BCUT2D eigenvalue weighted by Gasteiger charge is 2.31. The molecule has 0 unspecified atom stereocenters. The number of carboxylic acids is 1. The molecule has 0 radical (unpaired) electrons. The van der Waals surface area contributed by atoms with Crippen LogP contribution in [-0.2, 0) is 19.5 Å². The summed E-state index contributed by atoms with van der Waals surface area (Å²) in [6, 6.07) is 11.4. The summed E-state index contributed by atoms with van der Waals surface area (Å²) in [5.74, 6) is 0.367. The van der Waals surface area contributed by atoms with Gasteiger partial charge in [0.05, 0.1) is 5.56 Å². The van der Waals surface area contributed by atoms with E-state index >= 15 is 0 Å². The van der Waals surface area contributed by atoms with Crippen molar-refractivity contribution < 1.29 is 9.90 Å². The molecule has 5 nitrogen and oxygen atoms in total. The maximum Gasteiger partial charge on any atom is 0.335 e. The Labute approximate surface area is 184 Å². The van der Waals surface area contributed by atoms with E-state index in [1.165, 1.54) is 43.4 Å². The SMILES string of the molecule is CC(C)C[C@H]1CCCN1Cc1c(C2CC2)ccc(=O)n1CCc1ccc(C(=O)O)cc1. The molecule has 166 valence electrons. The molecule has 1 N–H and O–H groups in total. The smallest absolute Gasteiger partial charge is 0.335 e. The van der Waals surface area contributed by atoms with Crippen molar-refractivity contribution in [3.05, 3.63) is 69.1 Å². The molecular weight excluding hydrogens is 388 g/mol. The van der Waals surface area contributed by atoms with Gasteiger partial charge in [-0.25, -0.2) is 4.79 Å². The van der Waals surface area contributed by atoms with Gasteiger partial charge in [-0.1, -0.05) is 32.0 Å². The fourth-order valence-electron chi connectivity index (χ4n) is 4.99. The Morgan fingerprint density at radius 1 is 1.10 bits per heavy atom. The Morgan fingerprint density at radius 3 is 2.48 bits per heavy atom. The third-order valence-electron chi connectivity index (χ3n) is 6.77. The largest absolute Gasteiger partial charge is 0.478 e. The number of pyridine rings is 1. The number of rotatable bonds is 9. The molecule has 2 fully saturated rings. The first-order chi connectivity index (χ1) is 14.9. The summed E-state index contributed by atoms with van der Waals surface area (Å²) in [6.45, 7) is 7.18. The molecule has 1 aliphatic carbocycles. The third kappa shape index (κ3) is 5.27. The molecule has 0 amide bonds. The Bertz CT molecular complexity index is 973. The van der Waals surface area contributed by atoms with E-state index in [0.29, 0.717) is 30.0 Å². The lowest BCUT2D eigenvalue weighted by Gasteiger charge is -2.28. The van der Waals surface area contributed by atoms with Crippen molar-refractivity contribution >= 4 is 5.97 Å². The summed E-state index contributed by atoms with van der Waals surface area (Å²) in [5.41, 5.74) is 3.98. The van der Waals surface area contributed by atoms with E-state index in [1.807, 2.05) is 16.7 Å². The molecule has 0 spiro atoms. The van der Waals surface area contributed by atoms with Crippen LogP contribution in [0.5, 0.6) is 0 Å². The van der Waals surface area contributed by atoms with Gasteiger partial charge in [-0.05, 0) is 80.2 Å². The number of hydrogen-bond acceptors (Lipinski definition) is 3. The number of carboxylic acid groups (broad SMARTS) is 1. The van der Waals surface area contributed by atoms with Crippen molar-refractivity contribution in [2.45, 2.75) is 77.4 Å². The Kier molecular flexibility index (Phi) is 6.61. The standard InChI is InChI=1S/C26H34N2O3/c1-18(2)16-22-4-3-14-27(22)17-24-23(20-9-10-20)11-12-25(29)28(24)15-13-19-5-7-21(8-6-19)26(30)31/h5-8,11-12,18,20,22H,3-4,9-10,13-17H2,1-2H3,(H,30,31)/t22-/m1/s1. The number of nitrogens with zero attached hydrogens (tertiary/aromatic N) is 2. The molecule has 1 aliphatic heterocycles. The van der Waals surface area contributed by atoms with E-state index in [0.717, 1.165) is 25.1 Å². The van der Waals surface area contributed by atoms with Gasteiger partial charge >= 0.3 is 5.97 Å². The summed E-state index contributed by atoms with van der Waals surface area (Å²) >= 11 is 0. The molecule has 2 heterocycles. The zero-order valence-electron chi connectivity index (χ0n) is 18.7. The molecule has 31 heavy (non-hydrogen) atoms. The van der Waals surface area contributed by atoms with Gasteiger partial charge in [0.2, 0.25) is 0 Å². The minimum atomic E-state index is -0.913. The van der Waals surface area contributed by atoms with Gasteiger partial charge in [0.25, 0.3) is 5.56 Å². The number of aryl methyl sites for hydroxylation is 1.